The van der Waals surface area contributed by atoms with Crippen molar-refractivity contribution < 1.29 is 4.39 Å². The molecule has 0 aliphatic heterocycles. The van der Waals surface area contributed by atoms with Gasteiger partial charge in [0.2, 0.25) is 5.16 Å². The number of hydrogen-bond donors (Lipinski definition) is 1. The molecule has 0 radical (unpaired) electrons. The molecule has 0 aliphatic carbocycles. The van der Waals surface area contributed by atoms with Crippen LogP contribution in [0, 0.1) is 5.82 Å². The molecule has 172 valence electrons. The first-order chi connectivity index (χ1) is 16.8. The van der Waals surface area contributed by atoms with Gasteiger partial charge in [-0.15, -0.1) is 5.10 Å². The Hall–Kier alpha value is -3.49. The van der Waals surface area contributed by atoms with E-state index in [2.05, 4.69) is 55.9 Å². The van der Waals surface area contributed by atoms with E-state index < -0.39 is 0 Å². The molecule has 0 amide bonds. The van der Waals surface area contributed by atoms with Crippen molar-refractivity contribution in [1.82, 2.24) is 30.1 Å². The highest BCUT2D eigenvalue weighted by Crippen LogP contribution is 2.23. The minimum Gasteiger partial charge on any atom is -0.343 e. The van der Waals surface area contributed by atoms with Crippen molar-refractivity contribution in [2.45, 2.75) is 24.7 Å². The zero-order chi connectivity index (χ0) is 23.2. The Bertz CT molecular complexity index is 1350. The van der Waals surface area contributed by atoms with E-state index >= 15 is 0 Å². The SMILES string of the molecule is Fc1ccc(Cn2cc(CNCCCSc3nnnn3-c3ccccc3)c3ccccc32)cc1. The standard InChI is InChI=1S/C26H25FN6S/c27-22-13-11-20(12-14-22)18-32-19-21(24-9-4-5-10-25(24)32)17-28-15-6-16-34-26-29-30-31-33(26)23-7-2-1-3-8-23/h1-5,7-14,19,28H,6,15-18H2. The Morgan fingerprint density at radius 1 is 0.912 bits per heavy atom. The van der Waals surface area contributed by atoms with Crippen molar-refractivity contribution in [3.05, 3.63) is 102 Å². The maximum atomic E-state index is 13.3. The van der Waals surface area contributed by atoms with E-state index in [4.69, 9.17) is 0 Å². The summed E-state index contributed by atoms with van der Waals surface area (Å²) in [6.07, 6.45) is 3.20. The zero-order valence-corrected chi connectivity index (χ0v) is 19.5. The van der Waals surface area contributed by atoms with Crippen LogP contribution in [0.4, 0.5) is 4.39 Å². The maximum absolute atomic E-state index is 13.3. The first-order valence-corrected chi connectivity index (χ1v) is 12.2. The largest absolute Gasteiger partial charge is 0.343 e. The van der Waals surface area contributed by atoms with Crippen LogP contribution < -0.4 is 5.32 Å². The summed E-state index contributed by atoms with van der Waals surface area (Å²) in [4.78, 5) is 0. The van der Waals surface area contributed by atoms with Gasteiger partial charge in [-0.25, -0.2) is 4.39 Å². The lowest BCUT2D eigenvalue weighted by Crippen LogP contribution is -2.15. The summed E-state index contributed by atoms with van der Waals surface area (Å²) < 4.78 is 17.3. The molecule has 0 bridgehead atoms. The predicted octanol–water partition coefficient (Wildman–Crippen LogP) is 5.08. The molecule has 5 rings (SSSR count). The molecule has 0 aliphatic rings. The Labute approximate surface area is 201 Å². The van der Waals surface area contributed by atoms with Gasteiger partial charge in [0.1, 0.15) is 5.82 Å². The third-order valence-corrected chi connectivity index (χ3v) is 6.63. The van der Waals surface area contributed by atoms with Crippen molar-refractivity contribution in [2.24, 2.45) is 0 Å². The smallest absolute Gasteiger partial charge is 0.214 e. The third kappa shape index (κ3) is 5.18. The van der Waals surface area contributed by atoms with Crippen LogP contribution in [-0.2, 0) is 13.1 Å². The number of benzene rings is 3. The number of fused-ring (bicyclic) bond motifs is 1. The minimum atomic E-state index is -0.208. The maximum Gasteiger partial charge on any atom is 0.214 e. The van der Waals surface area contributed by atoms with Crippen molar-refractivity contribution in [3.63, 3.8) is 0 Å². The molecular formula is C26H25FN6S. The lowest BCUT2D eigenvalue weighted by molar-refractivity contribution is 0.626. The number of aromatic nitrogens is 5. The highest BCUT2D eigenvalue weighted by molar-refractivity contribution is 7.99. The molecule has 1 N–H and O–H groups in total. The Morgan fingerprint density at radius 3 is 2.56 bits per heavy atom. The molecule has 2 aromatic heterocycles. The third-order valence-electron chi connectivity index (χ3n) is 5.62. The Balaban J connectivity index is 1.15. The van der Waals surface area contributed by atoms with Gasteiger partial charge in [0.15, 0.2) is 0 Å². The zero-order valence-electron chi connectivity index (χ0n) is 18.6. The summed E-state index contributed by atoms with van der Waals surface area (Å²) in [5.74, 6) is 0.715. The van der Waals surface area contributed by atoms with Crippen LogP contribution in [0.1, 0.15) is 17.5 Å². The van der Waals surface area contributed by atoms with Crippen LogP contribution in [0.3, 0.4) is 0 Å². The number of tetrazole rings is 1. The summed E-state index contributed by atoms with van der Waals surface area (Å²) in [6, 6.07) is 25.1. The van der Waals surface area contributed by atoms with Gasteiger partial charge in [-0.05, 0) is 64.9 Å². The summed E-state index contributed by atoms with van der Waals surface area (Å²) >= 11 is 1.66. The Kier molecular flexibility index (Phi) is 6.97. The fourth-order valence-corrected chi connectivity index (χ4v) is 4.79. The first kappa shape index (κ1) is 22.3. The van der Waals surface area contributed by atoms with Crippen molar-refractivity contribution in [3.8, 4) is 5.69 Å². The average molecular weight is 473 g/mol. The van der Waals surface area contributed by atoms with Crippen LogP contribution in [0.15, 0.2) is 90.2 Å². The van der Waals surface area contributed by atoms with Gasteiger partial charge in [-0.1, -0.05) is 60.3 Å². The number of nitrogens with one attached hydrogen (secondary N) is 1. The van der Waals surface area contributed by atoms with Crippen LogP contribution in [-0.4, -0.2) is 37.1 Å². The van der Waals surface area contributed by atoms with Crippen molar-refractivity contribution in [2.75, 3.05) is 12.3 Å². The molecular weight excluding hydrogens is 447 g/mol. The second kappa shape index (κ2) is 10.6. The second-order valence-corrected chi connectivity index (χ2v) is 9.08. The predicted molar refractivity (Wildman–Crippen MR) is 134 cm³/mol. The highest BCUT2D eigenvalue weighted by Gasteiger charge is 2.10. The van der Waals surface area contributed by atoms with Gasteiger partial charge in [-0.2, -0.15) is 4.68 Å². The molecule has 0 spiro atoms. The number of nitrogens with zero attached hydrogens (tertiary/aromatic N) is 5. The van der Waals surface area contributed by atoms with Gasteiger partial charge in [0.25, 0.3) is 0 Å². The van der Waals surface area contributed by atoms with E-state index in [0.29, 0.717) is 6.54 Å². The number of rotatable bonds is 10. The van der Waals surface area contributed by atoms with Crippen LogP contribution >= 0.6 is 11.8 Å². The first-order valence-electron chi connectivity index (χ1n) is 11.3. The van der Waals surface area contributed by atoms with Gasteiger partial charge < -0.3 is 9.88 Å². The van der Waals surface area contributed by atoms with E-state index in [0.717, 1.165) is 41.7 Å². The van der Waals surface area contributed by atoms with E-state index in [-0.39, 0.29) is 5.82 Å². The molecule has 0 atom stereocenters. The number of para-hydroxylation sites is 2. The van der Waals surface area contributed by atoms with E-state index in [9.17, 15) is 4.39 Å². The molecule has 6 nitrogen and oxygen atoms in total. The van der Waals surface area contributed by atoms with Gasteiger partial charge in [0.05, 0.1) is 5.69 Å². The topological polar surface area (TPSA) is 60.6 Å². The summed E-state index contributed by atoms with van der Waals surface area (Å²) in [7, 11) is 0. The number of halogens is 1. The van der Waals surface area contributed by atoms with Crippen LogP contribution in [0.25, 0.3) is 16.6 Å². The molecule has 0 saturated carbocycles. The van der Waals surface area contributed by atoms with Gasteiger partial charge >= 0.3 is 0 Å². The highest BCUT2D eigenvalue weighted by atomic mass is 32.2. The molecule has 0 unspecified atom stereocenters. The van der Waals surface area contributed by atoms with Crippen molar-refractivity contribution >= 4 is 22.7 Å². The molecule has 0 fully saturated rings. The molecule has 2 heterocycles. The summed E-state index contributed by atoms with van der Waals surface area (Å²) in [5.41, 5.74) is 4.49. The quantitative estimate of drug-likeness (QED) is 0.227. The second-order valence-electron chi connectivity index (χ2n) is 8.01. The van der Waals surface area contributed by atoms with Gasteiger partial charge in [-0.3, -0.25) is 0 Å². The van der Waals surface area contributed by atoms with E-state index in [1.807, 2.05) is 42.5 Å². The molecule has 0 saturated heterocycles. The van der Waals surface area contributed by atoms with Gasteiger partial charge in [0, 0.05) is 35.9 Å². The molecule has 34 heavy (non-hydrogen) atoms. The molecule has 8 heteroatoms. The molecule has 5 aromatic rings. The fraction of sp³-hybridized carbons (Fsp3) is 0.192. The van der Waals surface area contributed by atoms with E-state index in [1.54, 1.807) is 16.4 Å². The minimum absolute atomic E-state index is 0.208. The van der Waals surface area contributed by atoms with Crippen LogP contribution in [0.2, 0.25) is 0 Å². The normalized spacial score (nSPS) is 11.3. The summed E-state index contributed by atoms with van der Waals surface area (Å²) in [5, 5.41) is 17.7. The van der Waals surface area contributed by atoms with Crippen molar-refractivity contribution in [1.29, 1.82) is 0 Å². The van der Waals surface area contributed by atoms with Crippen LogP contribution in [0.5, 0.6) is 0 Å². The van der Waals surface area contributed by atoms with E-state index in [1.165, 1.54) is 28.6 Å². The lowest BCUT2D eigenvalue weighted by atomic mass is 10.2. The lowest BCUT2D eigenvalue weighted by Gasteiger charge is -2.06. The number of thioether (sulfide) groups is 1. The monoisotopic (exact) mass is 472 g/mol. The average Bonchev–Trinajstić information content (AvgIpc) is 3.48. The fourth-order valence-electron chi connectivity index (χ4n) is 3.96. The molecule has 3 aromatic carbocycles. The number of hydrogen-bond acceptors (Lipinski definition) is 5. The summed E-state index contributed by atoms with van der Waals surface area (Å²) in [6.45, 7) is 2.41. The Morgan fingerprint density at radius 2 is 1.71 bits per heavy atom.